The topological polar surface area (TPSA) is 29.3 Å². The van der Waals surface area contributed by atoms with Gasteiger partial charge >= 0.3 is 0 Å². The van der Waals surface area contributed by atoms with Crippen LogP contribution in [0, 0.1) is 6.92 Å². The van der Waals surface area contributed by atoms with Crippen molar-refractivity contribution in [3.05, 3.63) is 63.1 Å². The van der Waals surface area contributed by atoms with Gasteiger partial charge in [-0.05, 0) is 54.7 Å². The molecule has 0 atom stereocenters. The van der Waals surface area contributed by atoms with E-state index in [4.69, 9.17) is 17.3 Å². The number of nitrogens with zero attached hydrogens (tertiary/aromatic N) is 1. The minimum atomic E-state index is 0.732. The first kappa shape index (κ1) is 14.0. The van der Waals surface area contributed by atoms with E-state index in [9.17, 15) is 0 Å². The fourth-order valence-corrected chi connectivity index (χ4v) is 4.61. The van der Waals surface area contributed by atoms with Crippen molar-refractivity contribution < 1.29 is 0 Å². The zero-order valence-electron chi connectivity index (χ0n) is 12.4. The number of benzene rings is 2. The monoisotopic (exact) mass is 328 g/mol. The Balaban J connectivity index is 1.86. The Labute approximate surface area is 140 Å². The summed E-state index contributed by atoms with van der Waals surface area (Å²) in [6.45, 7) is 2.98. The summed E-state index contributed by atoms with van der Waals surface area (Å²) in [5.74, 6) is 0. The van der Waals surface area contributed by atoms with E-state index in [1.54, 1.807) is 11.8 Å². The molecule has 2 heterocycles. The molecule has 0 radical (unpaired) electrons. The second-order valence-electron chi connectivity index (χ2n) is 5.89. The van der Waals surface area contributed by atoms with Gasteiger partial charge in [-0.3, -0.25) is 0 Å². The summed E-state index contributed by atoms with van der Waals surface area (Å²) in [4.78, 5) is 3.55. The average Bonchev–Trinajstić information content (AvgIpc) is 2.64. The second kappa shape index (κ2) is 5.25. The highest BCUT2D eigenvalue weighted by Gasteiger charge is 2.27. The van der Waals surface area contributed by atoms with Crippen LogP contribution in [0.15, 0.2) is 46.3 Å². The average molecular weight is 329 g/mol. The Morgan fingerprint density at radius 2 is 2.05 bits per heavy atom. The molecule has 2 aliphatic rings. The van der Waals surface area contributed by atoms with E-state index >= 15 is 0 Å². The Bertz CT molecular complexity index is 798. The number of hydrogen-bond donors (Lipinski definition) is 1. The van der Waals surface area contributed by atoms with Gasteiger partial charge in [-0.2, -0.15) is 0 Å². The molecule has 0 saturated heterocycles. The lowest BCUT2D eigenvalue weighted by atomic mass is 10.0. The van der Waals surface area contributed by atoms with Crippen molar-refractivity contribution in [1.29, 1.82) is 0 Å². The summed E-state index contributed by atoms with van der Waals surface area (Å²) in [5.41, 5.74) is 11.9. The molecule has 22 heavy (non-hydrogen) atoms. The number of aryl methyl sites for hydroxylation is 2. The molecule has 2 aromatic rings. The van der Waals surface area contributed by atoms with Gasteiger partial charge in [0, 0.05) is 22.8 Å². The van der Waals surface area contributed by atoms with E-state index in [2.05, 4.69) is 36.1 Å². The number of nitrogens with two attached hydrogens (primary N) is 1. The number of hydrogen-bond acceptors (Lipinski definition) is 3. The maximum absolute atomic E-state index is 6.40. The number of fused-ring (bicyclic) bond motifs is 4. The summed E-state index contributed by atoms with van der Waals surface area (Å²) in [7, 11) is 0. The van der Waals surface area contributed by atoms with E-state index in [0.717, 1.165) is 35.0 Å². The molecule has 0 amide bonds. The van der Waals surface area contributed by atoms with Gasteiger partial charge in [-0.25, -0.2) is 0 Å². The smallest absolute Gasteiger partial charge is 0.0763 e. The maximum Gasteiger partial charge on any atom is 0.0763 e. The Kier molecular flexibility index (Phi) is 3.35. The van der Waals surface area contributed by atoms with Crippen LogP contribution in [0.3, 0.4) is 0 Å². The molecule has 0 aliphatic carbocycles. The van der Waals surface area contributed by atoms with Crippen LogP contribution in [0.4, 0.5) is 11.4 Å². The first-order valence-corrected chi connectivity index (χ1v) is 8.64. The van der Waals surface area contributed by atoms with Gasteiger partial charge in [0.25, 0.3) is 0 Å². The molecule has 0 saturated carbocycles. The van der Waals surface area contributed by atoms with Crippen molar-refractivity contribution in [1.82, 2.24) is 0 Å². The number of allylic oxidation sites excluding steroid dienone is 1. The predicted molar refractivity (Wildman–Crippen MR) is 95.5 cm³/mol. The minimum absolute atomic E-state index is 0.732. The number of rotatable bonds is 0. The van der Waals surface area contributed by atoms with Gasteiger partial charge in [-0.1, -0.05) is 41.6 Å². The van der Waals surface area contributed by atoms with Crippen molar-refractivity contribution in [3.63, 3.8) is 0 Å². The van der Waals surface area contributed by atoms with Gasteiger partial charge in [-0.15, -0.1) is 0 Å². The van der Waals surface area contributed by atoms with E-state index in [1.807, 2.05) is 12.1 Å². The zero-order chi connectivity index (χ0) is 15.3. The van der Waals surface area contributed by atoms with Crippen LogP contribution in [-0.2, 0) is 13.0 Å². The Morgan fingerprint density at radius 1 is 1.18 bits per heavy atom. The third kappa shape index (κ3) is 2.29. The highest BCUT2D eigenvalue weighted by atomic mass is 35.5. The van der Waals surface area contributed by atoms with Gasteiger partial charge in [0.1, 0.15) is 0 Å². The quantitative estimate of drug-likeness (QED) is 0.680. The van der Waals surface area contributed by atoms with Crippen LogP contribution in [0.1, 0.15) is 23.1 Å². The molecule has 0 fully saturated rings. The molecule has 0 spiro atoms. The van der Waals surface area contributed by atoms with Crippen molar-refractivity contribution in [2.75, 3.05) is 10.6 Å². The summed E-state index contributed by atoms with van der Waals surface area (Å²) >= 11 is 8.16. The molecule has 0 aromatic heterocycles. The van der Waals surface area contributed by atoms with Gasteiger partial charge < -0.3 is 10.6 Å². The first-order chi connectivity index (χ1) is 10.6. The van der Waals surface area contributed by atoms with Crippen LogP contribution in [0.25, 0.3) is 0 Å². The molecule has 4 heteroatoms. The van der Waals surface area contributed by atoms with Crippen molar-refractivity contribution >= 4 is 34.7 Å². The van der Waals surface area contributed by atoms with E-state index in [1.165, 1.54) is 27.4 Å². The Morgan fingerprint density at radius 3 is 2.91 bits per heavy atom. The predicted octanol–water partition coefficient (Wildman–Crippen LogP) is 5.13. The third-order valence-electron chi connectivity index (χ3n) is 4.21. The molecule has 2 aromatic carbocycles. The standard InChI is InChI=1S/C18H17ClN2S/c1-11-5-6-12-3-2-4-17-21(16(12)7-11)10-13-8-14(20)9-15(19)18(13)22-17/h4-9H,2-3,10,20H2,1H3. The highest BCUT2D eigenvalue weighted by molar-refractivity contribution is 8.03. The van der Waals surface area contributed by atoms with Crippen LogP contribution < -0.4 is 10.6 Å². The summed E-state index contributed by atoms with van der Waals surface area (Å²) < 4.78 is 0. The summed E-state index contributed by atoms with van der Waals surface area (Å²) in [6.07, 6.45) is 4.48. The fraction of sp³-hybridized carbons (Fsp3) is 0.222. The maximum atomic E-state index is 6.40. The van der Waals surface area contributed by atoms with Crippen LogP contribution >= 0.6 is 23.4 Å². The van der Waals surface area contributed by atoms with E-state index in [-0.39, 0.29) is 0 Å². The first-order valence-electron chi connectivity index (χ1n) is 7.45. The molecular weight excluding hydrogens is 312 g/mol. The van der Waals surface area contributed by atoms with Crippen molar-refractivity contribution in [3.8, 4) is 0 Å². The van der Waals surface area contributed by atoms with Gasteiger partial charge in [0.2, 0.25) is 0 Å². The molecule has 2 nitrogen and oxygen atoms in total. The van der Waals surface area contributed by atoms with Gasteiger partial charge in [0.15, 0.2) is 0 Å². The van der Waals surface area contributed by atoms with E-state index in [0.29, 0.717) is 0 Å². The number of nitrogen functional groups attached to an aromatic ring is 1. The highest BCUT2D eigenvalue weighted by Crippen LogP contribution is 2.47. The minimum Gasteiger partial charge on any atom is -0.399 e. The number of anilines is 2. The molecule has 0 bridgehead atoms. The molecule has 4 rings (SSSR count). The lowest BCUT2D eigenvalue weighted by Gasteiger charge is -2.33. The molecule has 0 unspecified atom stereocenters. The van der Waals surface area contributed by atoms with E-state index < -0.39 is 0 Å². The Hall–Kier alpha value is -1.58. The number of halogens is 1. The van der Waals surface area contributed by atoms with Crippen molar-refractivity contribution in [2.24, 2.45) is 0 Å². The molecule has 112 valence electrons. The molecule has 2 aliphatic heterocycles. The fourth-order valence-electron chi connectivity index (χ4n) is 3.16. The zero-order valence-corrected chi connectivity index (χ0v) is 14.0. The summed E-state index contributed by atoms with van der Waals surface area (Å²) in [6, 6.07) is 10.6. The van der Waals surface area contributed by atoms with Crippen LogP contribution in [-0.4, -0.2) is 0 Å². The number of thioether (sulfide) groups is 1. The summed E-state index contributed by atoms with van der Waals surface area (Å²) in [5, 5.41) is 2.04. The van der Waals surface area contributed by atoms with Crippen LogP contribution in [0.5, 0.6) is 0 Å². The molecule has 2 N–H and O–H groups in total. The largest absolute Gasteiger partial charge is 0.399 e. The lowest BCUT2D eigenvalue weighted by molar-refractivity contribution is 0.913. The van der Waals surface area contributed by atoms with Crippen LogP contribution in [0.2, 0.25) is 5.02 Å². The van der Waals surface area contributed by atoms with Crippen molar-refractivity contribution in [2.45, 2.75) is 31.2 Å². The normalized spacial score (nSPS) is 16.3. The second-order valence-corrected chi connectivity index (χ2v) is 7.33. The third-order valence-corrected chi connectivity index (χ3v) is 5.90. The lowest BCUT2D eigenvalue weighted by Crippen LogP contribution is -2.24. The SMILES string of the molecule is Cc1ccc2c(c1)N1Cc3cc(N)cc(Cl)c3SC1=CCC2. The molecular formula is C18H17ClN2S. The van der Waals surface area contributed by atoms with Gasteiger partial charge in [0.05, 0.1) is 10.1 Å².